The smallest absolute Gasteiger partial charge is 0.251 e. The normalized spacial score (nSPS) is 12.5. The molecule has 2 aromatic heterocycles. The number of aryl methyl sites for hydroxylation is 1. The maximum absolute atomic E-state index is 12.2. The summed E-state index contributed by atoms with van der Waals surface area (Å²) in [7, 11) is 0. The highest BCUT2D eigenvalue weighted by molar-refractivity contribution is 5.97. The first-order valence-corrected chi connectivity index (χ1v) is 6.44. The van der Waals surface area contributed by atoms with Gasteiger partial charge < -0.3 is 9.73 Å². The zero-order valence-corrected chi connectivity index (χ0v) is 11.3. The highest BCUT2D eigenvalue weighted by atomic mass is 16.3. The van der Waals surface area contributed by atoms with Crippen molar-refractivity contribution in [1.82, 2.24) is 15.5 Å². The summed E-state index contributed by atoms with van der Waals surface area (Å²) < 4.78 is 5.51. The lowest BCUT2D eigenvalue weighted by Crippen LogP contribution is -2.26. The van der Waals surface area contributed by atoms with E-state index in [1.54, 1.807) is 18.3 Å². The van der Waals surface area contributed by atoms with Gasteiger partial charge in [-0.15, -0.1) is 0 Å². The number of carbonyl (C=O) groups excluding carboxylic acids is 1. The molecule has 2 heterocycles. The van der Waals surface area contributed by atoms with Crippen molar-refractivity contribution < 1.29 is 9.21 Å². The number of aromatic amines is 1. The van der Waals surface area contributed by atoms with Crippen molar-refractivity contribution in [2.75, 3.05) is 0 Å². The molecule has 0 aliphatic rings. The first kappa shape index (κ1) is 12.5. The molecule has 1 atom stereocenters. The van der Waals surface area contributed by atoms with Gasteiger partial charge in [-0.05, 0) is 38.1 Å². The van der Waals surface area contributed by atoms with Gasteiger partial charge in [-0.3, -0.25) is 9.89 Å². The van der Waals surface area contributed by atoms with Crippen LogP contribution in [0, 0.1) is 6.92 Å². The molecule has 0 radical (unpaired) electrons. The summed E-state index contributed by atoms with van der Waals surface area (Å²) in [4.78, 5) is 12.2. The topological polar surface area (TPSA) is 70.9 Å². The molecule has 0 aliphatic heterocycles. The van der Waals surface area contributed by atoms with Crippen molar-refractivity contribution in [1.29, 1.82) is 0 Å². The average molecular weight is 269 g/mol. The van der Waals surface area contributed by atoms with E-state index in [4.69, 9.17) is 4.42 Å². The van der Waals surface area contributed by atoms with Crippen LogP contribution in [0.15, 0.2) is 40.9 Å². The standard InChI is InChI=1S/C15H15N3O2/c1-9-3-6-14(20-9)10(2)17-15(19)11-4-5-12-8-16-18-13(12)7-11/h3-8,10H,1-2H3,(H,16,18)(H,17,19). The molecule has 5 heteroatoms. The molecule has 5 nitrogen and oxygen atoms in total. The zero-order valence-electron chi connectivity index (χ0n) is 11.3. The maximum Gasteiger partial charge on any atom is 0.251 e. The third kappa shape index (κ3) is 2.30. The van der Waals surface area contributed by atoms with Crippen molar-refractivity contribution in [3.05, 3.63) is 53.6 Å². The number of furan rings is 1. The summed E-state index contributed by atoms with van der Waals surface area (Å²) in [6.45, 7) is 3.77. The minimum Gasteiger partial charge on any atom is -0.464 e. The van der Waals surface area contributed by atoms with E-state index in [1.165, 1.54) is 0 Å². The monoisotopic (exact) mass is 269 g/mol. The molecule has 0 saturated heterocycles. The molecule has 0 fully saturated rings. The number of aromatic nitrogens is 2. The molecule has 20 heavy (non-hydrogen) atoms. The second kappa shape index (κ2) is 4.85. The maximum atomic E-state index is 12.2. The lowest BCUT2D eigenvalue weighted by Gasteiger charge is -2.11. The first-order valence-electron chi connectivity index (χ1n) is 6.44. The van der Waals surface area contributed by atoms with E-state index in [2.05, 4.69) is 15.5 Å². The fourth-order valence-corrected chi connectivity index (χ4v) is 2.12. The lowest BCUT2D eigenvalue weighted by atomic mass is 10.1. The molecule has 0 saturated carbocycles. The van der Waals surface area contributed by atoms with Crippen LogP contribution in [0.4, 0.5) is 0 Å². The van der Waals surface area contributed by atoms with Crippen molar-refractivity contribution in [2.24, 2.45) is 0 Å². The van der Waals surface area contributed by atoms with Crippen LogP contribution in [0.2, 0.25) is 0 Å². The Hall–Kier alpha value is -2.56. The van der Waals surface area contributed by atoms with Gasteiger partial charge in [-0.1, -0.05) is 6.07 Å². The van der Waals surface area contributed by atoms with E-state index >= 15 is 0 Å². The van der Waals surface area contributed by atoms with E-state index in [1.807, 2.05) is 32.0 Å². The Labute approximate surface area is 116 Å². The van der Waals surface area contributed by atoms with E-state index < -0.39 is 0 Å². The van der Waals surface area contributed by atoms with Crippen molar-refractivity contribution >= 4 is 16.8 Å². The zero-order chi connectivity index (χ0) is 14.1. The molecule has 0 aliphatic carbocycles. The van der Waals surface area contributed by atoms with E-state index in [0.29, 0.717) is 5.56 Å². The van der Waals surface area contributed by atoms with Crippen LogP contribution in [0.5, 0.6) is 0 Å². The van der Waals surface area contributed by atoms with E-state index in [0.717, 1.165) is 22.4 Å². The van der Waals surface area contributed by atoms with Crippen LogP contribution in [0.1, 0.15) is 34.8 Å². The average Bonchev–Trinajstić information content (AvgIpc) is 3.05. The molecule has 2 N–H and O–H groups in total. The Morgan fingerprint density at radius 1 is 1.35 bits per heavy atom. The van der Waals surface area contributed by atoms with Crippen LogP contribution in [0.25, 0.3) is 10.9 Å². The van der Waals surface area contributed by atoms with Crippen LogP contribution < -0.4 is 5.32 Å². The fraction of sp³-hybridized carbons (Fsp3) is 0.200. The summed E-state index contributed by atoms with van der Waals surface area (Å²) in [5, 5.41) is 10.7. The summed E-state index contributed by atoms with van der Waals surface area (Å²) in [5.41, 5.74) is 1.44. The van der Waals surface area contributed by atoms with Gasteiger partial charge >= 0.3 is 0 Å². The quantitative estimate of drug-likeness (QED) is 0.768. The number of hydrogen-bond donors (Lipinski definition) is 2. The van der Waals surface area contributed by atoms with Gasteiger partial charge in [0.1, 0.15) is 11.5 Å². The number of amides is 1. The second-order valence-electron chi connectivity index (χ2n) is 4.82. The number of carbonyl (C=O) groups is 1. The number of benzene rings is 1. The van der Waals surface area contributed by atoms with Crippen molar-refractivity contribution in [2.45, 2.75) is 19.9 Å². The SMILES string of the molecule is Cc1ccc(C(C)NC(=O)c2ccc3cn[nH]c3c2)o1. The molecule has 102 valence electrons. The van der Waals surface area contributed by atoms with Gasteiger partial charge in [-0.25, -0.2) is 0 Å². The molecule has 0 bridgehead atoms. The molecule has 1 aromatic carbocycles. The molecule has 1 amide bonds. The molecule has 1 unspecified atom stereocenters. The van der Waals surface area contributed by atoms with E-state index in [9.17, 15) is 4.79 Å². The Balaban J connectivity index is 1.78. The minimum atomic E-state index is -0.173. The number of fused-ring (bicyclic) bond motifs is 1. The number of rotatable bonds is 3. The second-order valence-corrected chi connectivity index (χ2v) is 4.82. The molecular formula is C15H15N3O2. The molecule has 0 spiro atoms. The van der Waals surface area contributed by atoms with E-state index in [-0.39, 0.29) is 11.9 Å². The summed E-state index contributed by atoms with van der Waals surface area (Å²) in [6.07, 6.45) is 1.73. The number of H-pyrrole nitrogens is 1. The summed E-state index contributed by atoms with van der Waals surface area (Å²) in [6, 6.07) is 9.03. The summed E-state index contributed by atoms with van der Waals surface area (Å²) in [5.74, 6) is 1.45. The predicted octanol–water partition coefficient (Wildman–Crippen LogP) is 2.96. The van der Waals surface area contributed by atoms with Gasteiger partial charge in [0, 0.05) is 10.9 Å². The van der Waals surface area contributed by atoms with Gasteiger partial charge in [0.05, 0.1) is 17.8 Å². The van der Waals surface area contributed by atoms with Gasteiger partial charge in [0.15, 0.2) is 0 Å². The number of nitrogens with one attached hydrogen (secondary N) is 2. The third-order valence-corrected chi connectivity index (χ3v) is 3.24. The van der Waals surface area contributed by atoms with Crippen molar-refractivity contribution in [3.8, 4) is 0 Å². The Kier molecular flexibility index (Phi) is 3.02. The van der Waals surface area contributed by atoms with Gasteiger partial charge in [0.25, 0.3) is 5.91 Å². The highest BCUT2D eigenvalue weighted by Crippen LogP contribution is 2.17. The number of hydrogen-bond acceptors (Lipinski definition) is 3. The summed E-state index contributed by atoms with van der Waals surface area (Å²) >= 11 is 0. The van der Waals surface area contributed by atoms with Crippen LogP contribution in [-0.2, 0) is 0 Å². The Bertz CT molecular complexity index is 757. The minimum absolute atomic E-state index is 0.136. The Morgan fingerprint density at radius 3 is 2.95 bits per heavy atom. The molecular weight excluding hydrogens is 254 g/mol. The first-order chi connectivity index (χ1) is 9.63. The van der Waals surface area contributed by atoms with Gasteiger partial charge in [0.2, 0.25) is 0 Å². The van der Waals surface area contributed by atoms with Crippen LogP contribution in [-0.4, -0.2) is 16.1 Å². The van der Waals surface area contributed by atoms with Gasteiger partial charge in [-0.2, -0.15) is 5.10 Å². The van der Waals surface area contributed by atoms with Crippen LogP contribution in [0.3, 0.4) is 0 Å². The fourth-order valence-electron chi connectivity index (χ4n) is 2.12. The molecule has 3 rings (SSSR count). The van der Waals surface area contributed by atoms with Crippen LogP contribution >= 0.6 is 0 Å². The molecule has 3 aromatic rings. The number of nitrogens with zero attached hydrogens (tertiary/aromatic N) is 1. The third-order valence-electron chi connectivity index (χ3n) is 3.24. The Morgan fingerprint density at radius 2 is 2.20 bits per heavy atom. The largest absolute Gasteiger partial charge is 0.464 e. The lowest BCUT2D eigenvalue weighted by molar-refractivity contribution is 0.0935. The van der Waals surface area contributed by atoms with Crippen molar-refractivity contribution in [3.63, 3.8) is 0 Å². The predicted molar refractivity (Wildman–Crippen MR) is 75.4 cm³/mol. The highest BCUT2D eigenvalue weighted by Gasteiger charge is 2.14.